The lowest BCUT2D eigenvalue weighted by Gasteiger charge is -2.20. The summed E-state index contributed by atoms with van der Waals surface area (Å²) in [7, 11) is 0. The van der Waals surface area contributed by atoms with Crippen molar-refractivity contribution >= 4 is 5.82 Å². The summed E-state index contributed by atoms with van der Waals surface area (Å²) in [6.07, 6.45) is 0.982. The zero-order valence-electron chi connectivity index (χ0n) is 13.7. The highest BCUT2D eigenvalue weighted by Gasteiger charge is 2.19. The fraction of sp³-hybridized carbons (Fsp3) is 0.444. The number of hydrogen-bond acceptors (Lipinski definition) is 3. The standard InChI is InChI=1S/C18H25N3/c1-6-13-10-8-9-11-14(13)17-20-15(18(3,4)5)12-16(21-17)19-7-2/h8-12H,6-7H2,1-5H3,(H,19,20,21). The maximum atomic E-state index is 4.81. The molecule has 3 nitrogen and oxygen atoms in total. The first-order valence-electron chi connectivity index (χ1n) is 7.67. The molecule has 0 aliphatic heterocycles. The fourth-order valence-electron chi connectivity index (χ4n) is 2.27. The van der Waals surface area contributed by atoms with Crippen LogP contribution in [0.3, 0.4) is 0 Å². The first-order chi connectivity index (χ1) is 9.95. The minimum Gasteiger partial charge on any atom is -0.370 e. The Morgan fingerprint density at radius 2 is 1.76 bits per heavy atom. The van der Waals surface area contributed by atoms with E-state index in [0.29, 0.717) is 0 Å². The predicted molar refractivity (Wildman–Crippen MR) is 89.7 cm³/mol. The third-order valence-electron chi connectivity index (χ3n) is 3.49. The zero-order valence-corrected chi connectivity index (χ0v) is 13.7. The SMILES string of the molecule is CCNc1cc(C(C)(C)C)nc(-c2ccccc2CC)n1. The van der Waals surface area contributed by atoms with Crippen molar-refractivity contribution in [3.63, 3.8) is 0 Å². The molecule has 1 aromatic carbocycles. The minimum atomic E-state index is 0.00300. The summed E-state index contributed by atoms with van der Waals surface area (Å²) in [5.74, 6) is 1.72. The van der Waals surface area contributed by atoms with Gasteiger partial charge in [-0.3, -0.25) is 0 Å². The van der Waals surface area contributed by atoms with Gasteiger partial charge in [0.2, 0.25) is 0 Å². The van der Waals surface area contributed by atoms with Gasteiger partial charge in [0.1, 0.15) is 5.82 Å². The molecule has 0 fully saturated rings. The van der Waals surface area contributed by atoms with E-state index in [9.17, 15) is 0 Å². The van der Waals surface area contributed by atoms with Crippen LogP contribution in [-0.4, -0.2) is 16.5 Å². The van der Waals surface area contributed by atoms with Gasteiger partial charge in [0.25, 0.3) is 0 Å². The van der Waals surface area contributed by atoms with E-state index in [4.69, 9.17) is 9.97 Å². The van der Waals surface area contributed by atoms with Gasteiger partial charge < -0.3 is 5.32 Å². The Hall–Kier alpha value is -1.90. The third-order valence-corrected chi connectivity index (χ3v) is 3.49. The highest BCUT2D eigenvalue weighted by molar-refractivity contribution is 5.62. The smallest absolute Gasteiger partial charge is 0.162 e. The number of anilines is 1. The molecule has 2 rings (SSSR count). The van der Waals surface area contributed by atoms with Crippen LogP contribution in [0.4, 0.5) is 5.82 Å². The average Bonchev–Trinajstić information content (AvgIpc) is 2.46. The van der Waals surface area contributed by atoms with Crippen LogP contribution in [0.2, 0.25) is 0 Å². The summed E-state index contributed by atoms with van der Waals surface area (Å²) in [6.45, 7) is 11.6. The zero-order chi connectivity index (χ0) is 15.5. The van der Waals surface area contributed by atoms with Crippen LogP contribution in [-0.2, 0) is 11.8 Å². The van der Waals surface area contributed by atoms with Gasteiger partial charge in [0, 0.05) is 23.6 Å². The minimum absolute atomic E-state index is 0.00300. The highest BCUT2D eigenvalue weighted by atomic mass is 15.0. The maximum Gasteiger partial charge on any atom is 0.162 e. The van der Waals surface area contributed by atoms with Gasteiger partial charge in [-0.25, -0.2) is 9.97 Å². The summed E-state index contributed by atoms with van der Waals surface area (Å²) in [4.78, 5) is 9.51. The topological polar surface area (TPSA) is 37.8 Å². The summed E-state index contributed by atoms with van der Waals surface area (Å²) >= 11 is 0. The van der Waals surface area contributed by atoms with Crippen molar-refractivity contribution in [1.82, 2.24) is 9.97 Å². The molecule has 1 heterocycles. The van der Waals surface area contributed by atoms with Gasteiger partial charge in [0.05, 0.1) is 5.69 Å². The van der Waals surface area contributed by atoms with E-state index in [2.05, 4.69) is 70.3 Å². The Labute approximate surface area is 127 Å². The molecule has 0 amide bonds. The number of nitrogens with zero attached hydrogens (tertiary/aromatic N) is 2. The Bertz CT molecular complexity index is 612. The second-order valence-corrected chi connectivity index (χ2v) is 6.25. The van der Waals surface area contributed by atoms with Crippen LogP contribution in [0.1, 0.15) is 45.9 Å². The molecule has 0 spiro atoms. The Morgan fingerprint density at radius 1 is 1.05 bits per heavy atom. The lowest BCUT2D eigenvalue weighted by atomic mass is 9.91. The molecule has 0 atom stereocenters. The van der Waals surface area contributed by atoms with Gasteiger partial charge >= 0.3 is 0 Å². The van der Waals surface area contributed by atoms with Crippen molar-refractivity contribution < 1.29 is 0 Å². The van der Waals surface area contributed by atoms with Crippen LogP contribution in [0.15, 0.2) is 30.3 Å². The molecule has 112 valence electrons. The largest absolute Gasteiger partial charge is 0.370 e. The van der Waals surface area contributed by atoms with Gasteiger partial charge in [0.15, 0.2) is 5.82 Å². The van der Waals surface area contributed by atoms with E-state index >= 15 is 0 Å². The van der Waals surface area contributed by atoms with Crippen molar-refractivity contribution in [2.45, 2.75) is 46.5 Å². The molecule has 1 N–H and O–H groups in total. The molecule has 0 saturated heterocycles. The molecular weight excluding hydrogens is 258 g/mol. The molecule has 3 heteroatoms. The molecule has 0 unspecified atom stereocenters. The van der Waals surface area contributed by atoms with Crippen LogP contribution in [0.25, 0.3) is 11.4 Å². The Morgan fingerprint density at radius 3 is 2.38 bits per heavy atom. The molecule has 0 aliphatic rings. The van der Waals surface area contributed by atoms with Crippen LogP contribution < -0.4 is 5.32 Å². The normalized spacial score (nSPS) is 11.5. The molecule has 0 aliphatic carbocycles. The predicted octanol–water partition coefficient (Wildman–Crippen LogP) is 4.44. The summed E-state index contributed by atoms with van der Waals surface area (Å²) in [5, 5.41) is 3.32. The van der Waals surface area contributed by atoms with E-state index in [1.54, 1.807) is 0 Å². The second kappa shape index (κ2) is 6.25. The molecule has 0 bridgehead atoms. The van der Waals surface area contributed by atoms with Crippen molar-refractivity contribution in [1.29, 1.82) is 0 Å². The summed E-state index contributed by atoms with van der Waals surface area (Å²) in [5.41, 5.74) is 3.48. The second-order valence-electron chi connectivity index (χ2n) is 6.25. The Balaban J connectivity index is 2.59. The van der Waals surface area contributed by atoms with Crippen LogP contribution >= 0.6 is 0 Å². The molecule has 0 saturated carbocycles. The quantitative estimate of drug-likeness (QED) is 0.901. The fourth-order valence-corrected chi connectivity index (χ4v) is 2.27. The lowest BCUT2D eigenvalue weighted by Crippen LogP contribution is -2.16. The van der Waals surface area contributed by atoms with E-state index in [1.165, 1.54) is 5.56 Å². The third kappa shape index (κ3) is 3.60. The van der Waals surface area contributed by atoms with Crippen LogP contribution in [0.5, 0.6) is 0 Å². The number of rotatable bonds is 4. The lowest BCUT2D eigenvalue weighted by molar-refractivity contribution is 0.568. The first-order valence-corrected chi connectivity index (χ1v) is 7.67. The Kier molecular flexibility index (Phi) is 4.61. The highest BCUT2D eigenvalue weighted by Crippen LogP contribution is 2.27. The number of aromatic nitrogens is 2. The van der Waals surface area contributed by atoms with Crippen molar-refractivity contribution in [2.24, 2.45) is 0 Å². The van der Waals surface area contributed by atoms with Gasteiger partial charge in [-0.1, -0.05) is 52.0 Å². The van der Waals surface area contributed by atoms with Crippen molar-refractivity contribution in [3.05, 3.63) is 41.6 Å². The van der Waals surface area contributed by atoms with Crippen molar-refractivity contribution in [3.8, 4) is 11.4 Å². The van der Waals surface area contributed by atoms with Crippen molar-refractivity contribution in [2.75, 3.05) is 11.9 Å². The van der Waals surface area contributed by atoms with Gasteiger partial charge in [-0.2, -0.15) is 0 Å². The van der Waals surface area contributed by atoms with Gasteiger partial charge in [-0.05, 0) is 18.9 Å². The van der Waals surface area contributed by atoms with E-state index in [-0.39, 0.29) is 5.41 Å². The molecule has 0 radical (unpaired) electrons. The number of benzene rings is 1. The monoisotopic (exact) mass is 283 g/mol. The molecular formula is C18H25N3. The average molecular weight is 283 g/mol. The maximum absolute atomic E-state index is 4.81. The van der Waals surface area contributed by atoms with E-state index < -0.39 is 0 Å². The van der Waals surface area contributed by atoms with Gasteiger partial charge in [-0.15, -0.1) is 0 Å². The van der Waals surface area contributed by atoms with E-state index in [0.717, 1.165) is 35.9 Å². The summed E-state index contributed by atoms with van der Waals surface area (Å²) in [6, 6.07) is 10.4. The molecule has 2 aromatic rings. The number of hydrogen-bond donors (Lipinski definition) is 1. The first kappa shape index (κ1) is 15.5. The van der Waals surface area contributed by atoms with Crippen LogP contribution in [0, 0.1) is 0 Å². The number of aryl methyl sites for hydroxylation is 1. The van der Waals surface area contributed by atoms with E-state index in [1.807, 2.05) is 0 Å². The summed E-state index contributed by atoms with van der Waals surface area (Å²) < 4.78 is 0. The molecule has 21 heavy (non-hydrogen) atoms. The number of nitrogens with one attached hydrogen (secondary N) is 1. The molecule has 1 aromatic heterocycles.